The lowest BCUT2D eigenvalue weighted by molar-refractivity contribution is -0.120. The van der Waals surface area contributed by atoms with Crippen LogP contribution in [0.25, 0.3) is 0 Å². The molecule has 0 bridgehead atoms. The first kappa shape index (κ1) is 19.4. The highest BCUT2D eigenvalue weighted by Crippen LogP contribution is 2.36. The minimum absolute atomic E-state index is 0.338. The van der Waals surface area contributed by atoms with Crippen molar-refractivity contribution in [2.24, 2.45) is 0 Å². The SMILES string of the molecule is C=C(C)COc1ccc(N2C(=O)C=CC2=O)c(CC(=C)C)c1CC(=C)C. The van der Waals surface area contributed by atoms with Gasteiger partial charge < -0.3 is 4.74 Å². The summed E-state index contributed by atoms with van der Waals surface area (Å²) < 4.78 is 5.92. The van der Waals surface area contributed by atoms with Gasteiger partial charge in [-0.05, 0) is 56.9 Å². The maximum atomic E-state index is 12.2. The van der Waals surface area contributed by atoms with E-state index in [2.05, 4.69) is 19.7 Å². The summed E-state index contributed by atoms with van der Waals surface area (Å²) in [5.74, 6) is 0.0349. The fourth-order valence-electron chi connectivity index (χ4n) is 2.84. The fourth-order valence-corrected chi connectivity index (χ4v) is 2.84. The van der Waals surface area contributed by atoms with Gasteiger partial charge in [0.05, 0.1) is 5.69 Å². The van der Waals surface area contributed by atoms with E-state index in [9.17, 15) is 9.59 Å². The molecule has 2 amide bonds. The third-order valence-electron chi connectivity index (χ3n) is 3.84. The number of amides is 2. The molecule has 4 heteroatoms. The molecular formula is C22H25NO3. The van der Waals surface area contributed by atoms with Crippen LogP contribution in [0.5, 0.6) is 5.75 Å². The van der Waals surface area contributed by atoms with Crippen molar-refractivity contribution in [2.75, 3.05) is 11.5 Å². The Morgan fingerprint density at radius 3 is 1.92 bits per heavy atom. The van der Waals surface area contributed by atoms with Gasteiger partial charge in [0.15, 0.2) is 0 Å². The van der Waals surface area contributed by atoms with E-state index in [1.165, 1.54) is 17.1 Å². The molecule has 26 heavy (non-hydrogen) atoms. The molecule has 1 heterocycles. The molecule has 1 aromatic carbocycles. The summed E-state index contributed by atoms with van der Waals surface area (Å²) in [6.07, 6.45) is 3.71. The lowest BCUT2D eigenvalue weighted by Gasteiger charge is -2.24. The molecule has 4 nitrogen and oxygen atoms in total. The highest BCUT2D eigenvalue weighted by atomic mass is 16.5. The molecule has 0 saturated carbocycles. The molecule has 0 atom stereocenters. The van der Waals surface area contributed by atoms with Crippen LogP contribution >= 0.6 is 0 Å². The summed E-state index contributed by atoms with van der Waals surface area (Å²) in [5.41, 5.74) is 5.16. The van der Waals surface area contributed by atoms with Crippen molar-refractivity contribution in [3.05, 3.63) is 71.9 Å². The Bertz CT molecular complexity index is 812. The predicted molar refractivity (Wildman–Crippen MR) is 105 cm³/mol. The Kier molecular flexibility index (Phi) is 5.98. The molecule has 0 aliphatic carbocycles. The highest BCUT2D eigenvalue weighted by Gasteiger charge is 2.29. The largest absolute Gasteiger partial charge is 0.489 e. The first-order valence-corrected chi connectivity index (χ1v) is 8.47. The van der Waals surface area contributed by atoms with Crippen LogP contribution in [0.2, 0.25) is 0 Å². The summed E-state index contributed by atoms with van der Waals surface area (Å²) in [6, 6.07) is 3.56. The predicted octanol–water partition coefficient (Wildman–Crippen LogP) is 4.31. The van der Waals surface area contributed by atoms with Gasteiger partial charge in [-0.3, -0.25) is 9.59 Å². The number of allylic oxidation sites excluding steroid dienone is 2. The number of carbonyl (C=O) groups is 2. The third kappa shape index (κ3) is 4.39. The fraction of sp³-hybridized carbons (Fsp3) is 0.273. The van der Waals surface area contributed by atoms with E-state index in [4.69, 9.17) is 4.74 Å². The molecule has 2 rings (SSSR count). The zero-order chi connectivity index (χ0) is 19.4. The molecule has 0 aromatic heterocycles. The standard InChI is InChI=1S/C22H25NO3/c1-14(2)11-17-18(12-15(3)4)20(26-13-16(5)6)8-7-19(17)23-21(24)9-10-22(23)25/h7-10H,1,3,5,11-13H2,2,4,6H3. The van der Waals surface area contributed by atoms with E-state index in [0.717, 1.165) is 27.8 Å². The second kappa shape index (κ2) is 8.00. The third-order valence-corrected chi connectivity index (χ3v) is 3.84. The van der Waals surface area contributed by atoms with Crippen LogP contribution < -0.4 is 9.64 Å². The van der Waals surface area contributed by atoms with Crippen LogP contribution in [0.1, 0.15) is 31.9 Å². The van der Waals surface area contributed by atoms with Crippen molar-refractivity contribution in [3.8, 4) is 5.75 Å². The van der Waals surface area contributed by atoms with Crippen molar-refractivity contribution >= 4 is 17.5 Å². The molecule has 0 N–H and O–H groups in total. The summed E-state index contributed by atoms with van der Waals surface area (Å²) in [7, 11) is 0. The van der Waals surface area contributed by atoms with Gasteiger partial charge >= 0.3 is 0 Å². The van der Waals surface area contributed by atoms with Crippen LogP contribution in [-0.4, -0.2) is 18.4 Å². The van der Waals surface area contributed by atoms with Gasteiger partial charge in [-0.15, -0.1) is 0 Å². The minimum Gasteiger partial charge on any atom is -0.489 e. The Hall–Kier alpha value is -2.88. The van der Waals surface area contributed by atoms with E-state index >= 15 is 0 Å². The zero-order valence-electron chi connectivity index (χ0n) is 15.7. The summed E-state index contributed by atoms with van der Waals surface area (Å²) >= 11 is 0. The molecule has 1 aliphatic heterocycles. The van der Waals surface area contributed by atoms with Crippen LogP contribution in [0, 0.1) is 0 Å². The Morgan fingerprint density at radius 1 is 0.885 bits per heavy atom. The molecule has 0 spiro atoms. The average Bonchev–Trinajstić information content (AvgIpc) is 2.85. The van der Waals surface area contributed by atoms with Crippen molar-refractivity contribution in [1.29, 1.82) is 0 Å². The number of ether oxygens (including phenoxy) is 1. The second-order valence-electron chi connectivity index (χ2n) is 6.90. The lowest BCUT2D eigenvalue weighted by atomic mass is 9.93. The van der Waals surface area contributed by atoms with Crippen molar-refractivity contribution in [2.45, 2.75) is 33.6 Å². The van der Waals surface area contributed by atoms with Crippen LogP contribution in [0.15, 0.2) is 60.7 Å². The Morgan fingerprint density at radius 2 is 1.42 bits per heavy atom. The van der Waals surface area contributed by atoms with Gasteiger partial charge in [-0.2, -0.15) is 0 Å². The van der Waals surface area contributed by atoms with E-state index in [0.29, 0.717) is 30.9 Å². The molecule has 0 saturated heterocycles. The number of carbonyl (C=O) groups excluding carboxylic acids is 2. The number of nitrogens with zero attached hydrogens (tertiary/aromatic N) is 1. The monoisotopic (exact) mass is 351 g/mol. The van der Waals surface area contributed by atoms with Crippen molar-refractivity contribution < 1.29 is 14.3 Å². The van der Waals surface area contributed by atoms with Gasteiger partial charge in [0.1, 0.15) is 12.4 Å². The van der Waals surface area contributed by atoms with Crippen LogP contribution in [-0.2, 0) is 22.4 Å². The first-order chi connectivity index (χ1) is 12.2. The maximum absolute atomic E-state index is 12.2. The summed E-state index contributed by atoms with van der Waals surface area (Å²) in [4.78, 5) is 25.6. The Balaban J connectivity index is 2.62. The number of anilines is 1. The maximum Gasteiger partial charge on any atom is 0.258 e. The smallest absolute Gasteiger partial charge is 0.258 e. The molecule has 0 fully saturated rings. The van der Waals surface area contributed by atoms with Crippen LogP contribution in [0.3, 0.4) is 0 Å². The van der Waals surface area contributed by atoms with E-state index in [1.807, 2.05) is 20.8 Å². The lowest BCUT2D eigenvalue weighted by Crippen LogP contribution is -2.31. The average molecular weight is 351 g/mol. The second-order valence-corrected chi connectivity index (χ2v) is 6.90. The number of rotatable bonds is 8. The molecule has 1 aromatic rings. The normalized spacial score (nSPS) is 13.3. The van der Waals surface area contributed by atoms with Gasteiger partial charge in [0, 0.05) is 17.7 Å². The molecule has 1 aliphatic rings. The molecule has 0 radical (unpaired) electrons. The molecule has 0 unspecified atom stereocenters. The molecular weight excluding hydrogens is 326 g/mol. The van der Waals surface area contributed by atoms with Gasteiger partial charge in [0.25, 0.3) is 11.8 Å². The van der Waals surface area contributed by atoms with E-state index < -0.39 is 0 Å². The van der Waals surface area contributed by atoms with Crippen molar-refractivity contribution in [3.63, 3.8) is 0 Å². The first-order valence-electron chi connectivity index (χ1n) is 8.47. The van der Waals surface area contributed by atoms with Gasteiger partial charge in [0.2, 0.25) is 0 Å². The van der Waals surface area contributed by atoms with E-state index in [-0.39, 0.29) is 11.8 Å². The Labute approximate surface area is 155 Å². The number of hydrogen-bond donors (Lipinski definition) is 0. The van der Waals surface area contributed by atoms with E-state index in [1.54, 1.807) is 12.1 Å². The minimum atomic E-state index is -0.338. The highest BCUT2D eigenvalue weighted by molar-refractivity contribution is 6.28. The zero-order valence-corrected chi connectivity index (χ0v) is 15.7. The number of hydrogen-bond acceptors (Lipinski definition) is 3. The quantitative estimate of drug-likeness (QED) is 0.518. The van der Waals surface area contributed by atoms with Gasteiger partial charge in [-0.25, -0.2) is 4.90 Å². The van der Waals surface area contributed by atoms with Crippen LogP contribution in [0.4, 0.5) is 5.69 Å². The number of imide groups is 1. The summed E-state index contributed by atoms with van der Waals surface area (Å²) in [5, 5.41) is 0. The topological polar surface area (TPSA) is 46.6 Å². The molecule has 136 valence electrons. The van der Waals surface area contributed by atoms with Gasteiger partial charge in [-0.1, -0.05) is 30.9 Å². The van der Waals surface area contributed by atoms with Crippen molar-refractivity contribution in [1.82, 2.24) is 0 Å². The summed E-state index contributed by atoms with van der Waals surface area (Å²) in [6.45, 7) is 18.0. The number of benzene rings is 1.